The molecule has 0 N–H and O–H groups in total. The van der Waals surface area contributed by atoms with Gasteiger partial charge in [0.25, 0.3) is 0 Å². The summed E-state index contributed by atoms with van der Waals surface area (Å²) in [6.45, 7) is 4.32. The third kappa shape index (κ3) is 3.23. The zero-order chi connectivity index (χ0) is 12.3. The summed E-state index contributed by atoms with van der Waals surface area (Å²) < 4.78 is 5.82. The number of hydrogen-bond donors (Lipinski definition) is 0. The van der Waals surface area contributed by atoms with Crippen molar-refractivity contribution in [2.75, 3.05) is 0 Å². The Labute approximate surface area is 109 Å². The third-order valence-corrected chi connectivity index (χ3v) is 3.96. The summed E-state index contributed by atoms with van der Waals surface area (Å²) in [6, 6.07) is 8.67. The maximum atomic E-state index is 6.48. The largest absolute Gasteiger partial charge is 0.373 e. The molecule has 1 heterocycles. The molecule has 1 nitrogen and oxygen atoms in total. The van der Waals surface area contributed by atoms with E-state index in [1.54, 1.807) is 0 Å². The smallest absolute Gasteiger partial charge is 0.0847 e. The van der Waals surface area contributed by atoms with Gasteiger partial charge in [0.05, 0.1) is 17.6 Å². The molecule has 1 aliphatic rings. The summed E-state index contributed by atoms with van der Waals surface area (Å²) in [5, 5.41) is -0.00405. The zero-order valence-electron chi connectivity index (χ0n) is 10.7. The molecular weight excluding hydrogens is 232 g/mol. The van der Waals surface area contributed by atoms with E-state index in [-0.39, 0.29) is 11.5 Å². The third-order valence-electron chi connectivity index (χ3n) is 3.43. The number of aryl methyl sites for hydroxylation is 1. The molecule has 0 aliphatic carbocycles. The highest BCUT2D eigenvalue weighted by molar-refractivity contribution is 6.21. The quantitative estimate of drug-likeness (QED) is 0.718. The normalized spacial score (nSPS) is 26.1. The Kier molecular flexibility index (Phi) is 4.47. The molecule has 1 aromatic rings. The molecule has 0 saturated carbocycles. The summed E-state index contributed by atoms with van der Waals surface area (Å²) in [5.41, 5.74) is 2.58. The molecule has 0 aromatic heterocycles. The van der Waals surface area contributed by atoms with Crippen molar-refractivity contribution in [2.24, 2.45) is 0 Å². The van der Waals surface area contributed by atoms with E-state index in [1.165, 1.54) is 17.5 Å². The minimum atomic E-state index is -0.00405. The van der Waals surface area contributed by atoms with E-state index in [2.05, 4.69) is 38.1 Å². The summed E-state index contributed by atoms with van der Waals surface area (Å²) in [6.07, 6.45) is 5.08. The van der Waals surface area contributed by atoms with E-state index in [1.807, 2.05) is 0 Å². The molecule has 2 rings (SSSR count). The van der Waals surface area contributed by atoms with Gasteiger partial charge in [-0.2, -0.15) is 0 Å². The van der Waals surface area contributed by atoms with Gasteiger partial charge in [-0.15, -0.1) is 11.6 Å². The summed E-state index contributed by atoms with van der Waals surface area (Å²) >= 11 is 6.48. The molecule has 1 fully saturated rings. The molecule has 0 radical (unpaired) electrons. The first-order valence-corrected chi connectivity index (χ1v) is 7.02. The van der Waals surface area contributed by atoms with Crippen LogP contribution >= 0.6 is 11.6 Å². The summed E-state index contributed by atoms with van der Waals surface area (Å²) in [5.74, 6) is 0. The van der Waals surface area contributed by atoms with Crippen molar-refractivity contribution in [3.05, 3.63) is 35.4 Å². The SMILES string of the molecule is CCCc1ccc(C(Cl)C2CCC(C)O2)cc1. The van der Waals surface area contributed by atoms with Gasteiger partial charge in [0.1, 0.15) is 0 Å². The van der Waals surface area contributed by atoms with E-state index >= 15 is 0 Å². The van der Waals surface area contributed by atoms with Gasteiger partial charge >= 0.3 is 0 Å². The molecular formula is C15H21ClO. The van der Waals surface area contributed by atoms with Crippen molar-refractivity contribution >= 4 is 11.6 Å². The first-order chi connectivity index (χ1) is 8.20. The van der Waals surface area contributed by atoms with Crippen LogP contribution in [0.5, 0.6) is 0 Å². The standard InChI is InChI=1S/C15H21ClO/c1-3-4-12-6-8-13(9-7-12)15(16)14-10-5-11(2)17-14/h6-9,11,14-15H,3-5,10H2,1-2H3. The molecule has 3 unspecified atom stereocenters. The van der Waals surface area contributed by atoms with Gasteiger partial charge in [0.15, 0.2) is 0 Å². The van der Waals surface area contributed by atoms with Crippen LogP contribution in [0.25, 0.3) is 0 Å². The molecule has 0 spiro atoms. The van der Waals surface area contributed by atoms with Crippen molar-refractivity contribution < 1.29 is 4.74 Å². The van der Waals surface area contributed by atoms with Crippen molar-refractivity contribution in [3.8, 4) is 0 Å². The van der Waals surface area contributed by atoms with Crippen LogP contribution < -0.4 is 0 Å². The second kappa shape index (κ2) is 5.88. The number of alkyl halides is 1. The summed E-state index contributed by atoms with van der Waals surface area (Å²) in [4.78, 5) is 0. The fraction of sp³-hybridized carbons (Fsp3) is 0.600. The molecule has 1 saturated heterocycles. The molecule has 0 amide bonds. The first kappa shape index (κ1) is 12.9. The number of benzene rings is 1. The van der Waals surface area contributed by atoms with Crippen LogP contribution in [0.15, 0.2) is 24.3 Å². The van der Waals surface area contributed by atoms with Gasteiger partial charge in [0.2, 0.25) is 0 Å². The predicted octanol–water partition coefficient (Wildman–Crippen LogP) is 4.49. The summed E-state index contributed by atoms with van der Waals surface area (Å²) in [7, 11) is 0. The maximum Gasteiger partial charge on any atom is 0.0847 e. The minimum absolute atomic E-state index is 0.00405. The Bertz CT molecular complexity index is 346. The maximum absolute atomic E-state index is 6.48. The molecule has 3 atom stereocenters. The average molecular weight is 253 g/mol. The predicted molar refractivity (Wildman–Crippen MR) is 72.6 cm³/mol. The van der Waals surface area contributed by atoms with Crippen molar-refractivity contribution in [1.29, 1.82) is 0 Å². The topological polar surface area (TPSA) is 9.23 Å². The number of halogens is 1. The fourth-order valence-corrected chi connectivity index (χ4v) is 2.75. The number of hydrogen-bond acceptors (Lipinski definition) is 1. The highest BCUT2D eigenvalue weighted by Crippen LogP contribution is 2.34. The van der Waals surface area contributed by atoms with Gasteiger partial charge in [0, 0.05) is 0 Å². The lowest BCUT2D eigenvalue weighted by Crippen LogP contribution is -2.14. The second-order valence-corrected chi connectivity index (χ2v) is 5.43. The lowest BCUT2D eigenvalue weighted by Gasteiger charge is -2.18. The minimum Gasteiger partial charge on any atom is -0.373 e. The zero-order valence-corrected chi connectivity index (χ0v) is 11.4. The molecule has 17 heavy (non-hydrogen) atoms. The first-order valence-electron chi connectivity index (χ1n) is 6.59. The van der Waals surface area contributed by atoms with Crippen LogP contribution in [0.3, 0.4) is 0 Å². The van der Waals surface area contributed by atoms with Crippen LogP contribution in [0.1, 0.15) is 49.6 Å². The van der Waals surface area contributed by atoms with Crippen LogP contribution in [0.4, 0.5) is 0 Å². The molecule has 1 aromatic carbocycles. The Balaban J connectivity index is 2.01. The van der Waals surface area contributed by atoms with Gasteiger partial charge in [-0.05, 0) is 37.3 Å². The van der Waals surface area contributed by atoms with E-state index in [9.17, 15) is 0 Å². The van der Waals surface area contributed by atoms with E-state index in [0.717, 1.165) is 19.3 Å². The molecule has 2 heteroatoms. The number of ether oxygens (including phenoxy) is 1. The van der Waals surface area contributed by atoms with E-state index < -0.39 is 0 Å². The van der Waals surface area contributed by atoms with Crippen LogP contribution in [-0.4, -0.2) is 12.2 Å². The van der Waals surface area contributed by atoms with Gasteiger partial charge < -0.3 is 4.74 Å². The number of rotatable bonds is 4. The Hall–Kier alpha value is -0.530. The van der Waals surface area contributed by atoms with Crippen molar-refractivity contribution in [3.63, 3.8) is 0 Å². The second-order valence-electron chi connectivity index (χ2n) is 4.96. The fourth-order valence-electron chi connectivity index (χ4n) is 2.42. The van der Waals surface area contributed by atoms with E-state index in [4.69, 9.17) is 16.3 Å². The van der Waals surface area contributed by atoms with Crippen molar-refractivity contribution in [1.82, 2.24) is 0 Å². The Morgan fingerprint density at radius 1 is 1.29 bits per heavy atom. The Morgan fingerprint density at radius 2 is 2.00 bits per heavy atom. The lowest BCUT2D eigenvalue weighted by molar-refractivity contribution is 0.0533. The van der Waals surface area contributed by atoms with Crippen LogP contribution in [0, 0.1) is 0 Å². The highest BCUT2D eigenvalue weighted by atomic mass is 35.5. The Morgan fingerprint density at radius 3 is 2.53 bits per heavy atom. The van der Waals surface area contributed by atoms with Crippen molar-refractivity contribution in [2.45, 2.75) is 57.1 Å². The van der Waals surface area contributed by atoms with E-state index in [0.29, 0.717) is 6.10 Å². The van der Waals surface area contributed by atoms with Crippen LogP contribution in [-0.2, 0) is 11.2 Å². The van der Waals surface area contributed by atoms with Crippen LogP contribution in [0.2, 0.25) is 0 Å². The lowest BCUT2D eigenvalue weighted by atomic mass is 10.0. The molecule has 1 aliphatic heterocycles. The monoisotopic (exact) mass is 252 g/mol. The van der Waals surface area contributed by atoms with Gasteiger partial charge in [-0.1, -0.05) is 37.6 Å². The highest BCUT2D eigenvalue weighted by Gasteiger charge is 2.29. The molecule has 0 bridgehead atoms. The van der Waals surface area contributed by atoms with Gasteiger partial charge in [-0.3, -0.25) is 0 Å². The van der Waals surface area contributed by atoms with Gasteiger partial charge in [-0.25, -0.2) is 0 Å². The average Bonchev–Trinajstić information content (AvgIpc) is 2.76. The molecule has 94 valence electrons.